The van der Waals surface area contributed by atoms with E-state index in [-0.39, 0.29) is 5.75 Å². The quantitative estimate of drug-likeness (QED) is 0.783. The van der Waals surface area contributed by atoms with Gasteiger partial charge in [-0.25, -0.2) is 8.42 Å². The second kappa shape index (κ2) is 5.08. The predicted octanol–water partition coefficient (Wildman–Crippen LogP) is 0.960. The van der Waals surface area contributed by atoms with Crippen molar-refractivity contribution >= 4 is 25.3 Å². The van der Waals surface area contributed by atoms with Gasteiger partial charge in [-0.2, -0.15) is 0 Å². The van der Waals surface area contributed by atoms with Crippen molar-refractivity contribution in [2.24, 2.45) is 0 Å². The summed E-state index contributed by atoms with van der Waals surface area (Å²) in [5.41, 5.74) is 1.91. The maximum absolute atomic E-state index is 12.2. The molecule has 2 aromatic carbocycles. The van der Waals surface area contributed by atoms with E-state index in [0.717, 1.165) is 21.4 Å². The van der Waals surface area contributed by atoms with Gasteiger partial charge in [-0.1, -0.05) is 47.1 Å². The lowest BCUT2D eigenvalue weighted by atomic mass is 10.2. The minimum atomic E-state index is -3.23. The van der Waals surface area contributed by atoms with Gasteiger partial charge in [0.2, 0.25) is 0 Å². The molecule has 0 aromatic heterocycles. The van der Waals surface area contributed by atoms with Crippen LogP contribution < -0.4 is 5.19 Å². The average molecular weight is 276 g/mol. The minimum Gasteiger partial charge on any atom is -0.223 e. The fourth-order valence-electron chi connectivity index (χ4n) is 1.73. The zero-order valence-corrected chi connectivity index (χ0v) is 13.4. The molecule has 0 spiro atoms. The van der Waals surface area contributed by atoms with Gasteiger partial charge in [-0.15, -0.1) is 0 Å². The van der Waals surface area contributed by atoms with E-state index in [1.165, 1.54) is 5.19 Å². The summed E-state index contributed by atoms with van der Waals surface area (Å²) in [6.07, 6.45) is 0. The Hall–Kier alpha value is -1.39. The minimum absolute atomic E-state index is 0.0674. The number of hydrogen-bond donors (Lipinski definition) is 0. The van der Waals surface area contributed by atoms with E-state index in [1.54, 1.807) is 12.1 Å². The molecule has 0 aliphatic heterocycles. The van der Waals surface area contributed by atoms with Gasteiger partial charge in [0.25, 0.3) is 0 Å². The van der Waals surface area contributed by atoms with Crippen LogP contribution in [-0.4, -0.2) is 18.7 Å². The smallest absolute Gasteiger partial charge is 0.182 e. The summed E-state index contributed by atoms with van der Waals surface area (Å²) >= 11 is 0. The van der Waals surface area contributed by atoms with Crippen molar-refractivity contribution in [3.8, 4) is 0 Å². The van der Waals surface area contributed by atoms with Crippen molar-refractivity contribution in [2.75, 3.05) is 0 Å². The molecule has 0 radical (unpaired) electrons. The largest absolute Gasteiger partial charge is 0.223 e. The van der Waals surface area contributed by atoms with Gasteiger partial charge < -0.3 is 0 Å². The molecule has 0 amide bonds. The highest BCUT2D eigenvalue weighted by atomic mass is 32.2. The first-order valence-corrected chi connectivity index (χ1v) is 8.47. The Balaban J connectivity index is 2.27. The Bertz CT molecular complexity index is 628. The highest BCUT2D eigenvalue weighted by Crippen LogP contribution is 2.16. The molecule has 2 aromatic rings. The number of aryl methyl sites for hydroxylation is 1. The number of benzene rings is 2. The fourth-order valence-corrected chi connectivity index (χ4v) is 3.41. The third-order valence-electron chi connectivity index (χ3n) is 2.86. The summed E-state index contributed by atoms with van der Waals surface area (Å²) in [7, 11) is -2.24. The molecule has 0 unspecified atom stereocenters. The molecular weight excluding hydrogens is 260 g/mol. The molecule has 0 atom stereocenters. The van der Waals surface area contributed by atoms with Gasteiger partial charge in [0.15, 0.2) is 9.84 Å². The van der Waals surface area contributed by atoms with Crippen LogP contribution in [0.15, 0.2) is 53.4 Å². The van der Waals surface area contributed by atoms with Crippen molar-refractivity contribution in [3.63, 3.8) is 0 Å². The molecule has 0 saturated heterocycles. The van der Waals surface area contributed by atoms with Crippen molar-refractivity contribution in [1.29, 1.82) is 0 Å². The molecule has 0 N–H and O–H groups in total. The van der Waals surface area contributed by atoms with Gasteiger partial charge in [-0.05, 0) is 24.6 Å². The number of hydrogen-bond acceptors (Lipinski definition) is 2. The van der Waals surface area contributed by atoms with E-state index >= 15 is 0 Å². The normalized spacial score (nSPS) is 11.6. The maximum atomic E-state index is 12.2. The number of sulfone groups is 1. The van der Waals surface area contributed by atoms with Crippen LogP contribution in [0.3, 0.4) is 0 Å². The summed E-state index contributed by atoms with van der Waals surface area (Å²) in [6, 6.07) is 14.8. The monoisotopic (exact) mass is 276 g/mol. The Labute approximate surface area is 111 Å². The molecule has 0 aliphatic carbocycles. The lowest BCUT2D eigenvalue weighted by molar-refractivity contribution is 0.595. The molecule has 4 heteroatoms. The Morgan fingerprint density at radius 3 is 2.06 bits per heavy atom. The van der Waals surface area contributed by atoms with E-state index in [2.05, 4.69) is 0 Å². The highest BCUT2D eigenvalue weighted by molar-refractivity contribution is 7.90. The fraction of sp³-hybridized carbons (Fsp3) is 0.143. The van der Waals surface area contributed by atoms with Crippen molar-refractivity contribution in [2.45, 2.75) is 17.6 Å². The molecule has 94 valence electrons. The van der Waals surface area contributed by atoms with E-state index in [1.807, 2.05) is 43.3 Å². The Kier molecular flexibility index (Phi) is 3.68. The maximum Gasteiger partial charge on any atom is 0.182 e. The van der Waals surface area contributed by atoms with Gasteiger partial charge in [0.05, 0.1) is 10.6 Å². The van der Waals surface area contributed by atoms with E-state index in [0.29, 0.717) is 4.90 Å². The molecule has 0 saturated carbocycles. The van der Waals surface area contributed by atoms with E-state index in [4.69, 9.17) is 0 Å². The van der Waals surface area contributed by atoms with Crippen LogP contribution in [0.25, 0.3) is 0 Å². The van der Waals surface area contributed by atoms with E-state index < -0.39 is 9.84 Å². The zero-order chi connectivity index (χ0) is 13.2. The van der Waals surface area contributed by atoms with Crippen molar-refractivity contribution in [3.05, 3.63) is 59.7 Å². The Morgan fingerprint density at radius 2 is 1.50 bits per heavy atom. The predicted molar refractivity (Wildman–Crippen MR) is 78.1 cm³/mol. The van der Waals surface area contributed by atoms with Crippen molar-refractivity contribution < 1.29 is 8.42 Å². The van der Waals surface area contributed by atoms with Crippen LogP contribution in [0, 0.1) is 6.92 Å². The summed E-state index contributed by atoms with van der Waals surface area (Å²) in [5, 5.41) is 1.27. The average Bonchev–Trinajstić information content (AvgIpc) is 2.32. The standard InChI is InChI=1S/C14H16O2SSi/c1-11-2-6-13(7-3-11)17(15,16)10-12-4-8-14(18)9-5-12/h2-9H,10H2,1,18H3. The summed E-state index contributed by atoms with van der Waals surface area (Å²) in [6.45, 7) is 1.94. The molecule has 18 heavy (non-hydrogen) atoms. The first-order valence-electron chi connectivity index (χ1n) is 5.82. The third kappa shape index (κ3) is 3.09. The van der Waals surface area contributed by atoms with Gasteiger partial charge in [0.1, 0.15) is 0 Å². The zero-order valence-electron chi connectivity index (χ0n) is 10.6. The lowest BCUT2D eigenvalue weighted by Gasteiger charge is -2.05. The summed E-state index contributed by atoms with van der Waals surface area (Å²) < 4.78 is 24.4. The van der Waals surface area contributed by atoms with Crippen LogP contribution in [-0.2, 0) is 15.6 Å². The molecule has 0 fully saturated rings. The second-order valence-corrected chi connectivity index (χ2v) is 7.70. The van der Waals surface area contributed by atoms with Crippen LogP contribution in [0.1, 0.15) is 11.1 Å². The van der Waals surface area contributed by atoms with Crippen LogP contribution in [0.5, 0.6) is 0 Å². The molecule has 0 aliphatic rings. The molecule has 0 heterocycles. The second-order valence-electron chi connectivity index (χ2n) is 4.56. The third-order valence-corrected chi connectivity index (χ3v) is 5.23. The molecule has 2 rings (SSSR count). The van der Waals surface area contributed by atoms with Crippen molar-refractivity contribution in [1.82, 2.24) is 0 Å². The first-order chi connectivity index (χ1) is 8.47. The molecule has 2 nitrogen and oxygen atoms in total. The van der Waals surface area contributed by atoms with E-state index in [9.17, 15) is 8.42 Å². The SMILES string of the molecule is Cc1ccc(S(=O)(=O)Cc2ccc([SiH3])cc2)cc1. The van der Waals surface area contributed by atoms with Crippen LogP contribution >= 0.6 is 0 Å². The highest BCUT2D eigenvalue weighted by Gasteiger charge is 2.14. The topological polar surface area (TPSA) is 34.1 Å². The number of rotatable bonds is 3. The van der Waals surface area contributed by atoms with Gasteiger partial charge >= 0.3 is 0 Å². The summed E-state index contributed by atoms with van der Waals surface area (Å²) in [4.78, 5) is 0.392. The first kappa shape index (κ1) is 13.0. The lowest BCUT2D eigenvalue weighted by Crippen LogP contribution is -2.07. The van der Waals surface area contributed by atoms with Crippen LogP contribution in [0.4, 0.5) is 0 Å². The molecular formula is C14H16O2SSi. The van der Waals surface area contributed by atoms with Gasteiger partial charge in [0, 0.05) is 10.2 Å². The van der Waals surface area contributed by atoms with Gasteiger partial charge in [-0.3, -0.25) is 0 Å². The summed E-state index contributed by atoms with van der Waals surface area (Å²) in [5.74, 6) is 0.0674. The van der Waals surface area contributed by atoms with Crippen LogP contribution in [0.2, 0.25) is 0 Å². The molecule has 0 bridgehead atoms. The Morgan fingerprint density at radius 1 is 0.944 bits per heavy atom.